The minimum atomic E-state index is 0.550. The van der Waals surface area contributed by atoms with Crippen molar-refractivity contribution in [2.45, 2.75) is 39.2 Å². The number of hydrogen-bond acceptors (Lipinski definition) is 3. The fourth-order valence-corrected chi connectivity index (χ4v) is 3.07. The summed E-state index contributed by atoms with van der Waals surface area (Å²) in [5.41, 5.74) is 7.22. The second-order valence-corrected chi connectivity index (χ2v) is 5.91. The molecule has 0 aliphatic carbocycles. The van der Waals surface area contributed by atoms with Crippen LogP contribution in [0.4, 0.5) is 0 Å². The Bertz CT molecular complexity index is 504. The van der Waals surface area contributed by atoms with Gasteiger partial charge >= 0.3 is 0 Å². The van der Waals surface area contributed by atoms with E-state index in [0.717, 1.165) is 31.8 Å². The third kappa shape index (κ3) is 5.75. The highest BCUT2D eigenvalue weighted by Crippen LogP contribution is 2.16. The molecule has 2 rings (SSSR count). The molecule has 1 aromatic rings. The lowest BCUT2D eigenvalue weighted by atomic mass is 10.1. The zero-order valence-electron chi connectivity index (χ0n) is 14.4. The molecule has 0 amide bonds. The van der Waals surface area contributed by atoms with Crippen molar-refractivity contribution in [3.63, 3.8) is 0 Å². The van der Waals surface area contributed by atoms with Crippen molar-refractivity contribution in [1.82, 2.24) is 10.2 Å². The number of aliphatic imine (C=N–C) groups is 1. The summed E-state index contributed by atoms with van der Waals surface area (Å²) in [5, 5.41) is 3.21. The van der Waals surface area contributed by atoms with E-state index < -0.39 is 0 Å². The van der Waals surface area contributed by atoms with Crippen LogP contribution in [0.5, 0.6) is 5.75 Å². The summed E-state index contributed by atoms with van der Waals surface area (Å²) >= 11 is 0. The van der Waals surface area contributed by atoms with Crippen molar-refractivity contribution in [3.05, 3.63) is 29.8 Å². The molecule has 5 nitrogen and oxygen atoms in total. The van der Waals surface area contributed by atoms with E-state index in [4.69, 9.17) is 10.5 Å². The minimum Gasteiger partial charge on any atom is -0.494 e. The number of hydrogen-bond donors (Lipinski definition) is 2. The first-order chi connectivity index (χ1) is 11.2. The van der Waals surface area contributed by atoms with Crippen LogP contribution < -0.4 is 15.8 Å². The summed E-state index contributed by atoms with van der Waals surface area (Å²) < 4.78 is 5.52. The van der Waals surface area contributed by atoms with Gasteiger partial charge in [0.15, 0.2) is 5.96 Å². The maximum atomic E-state index is 5.98. The molecule has 1 aliphatic heterocycles. The van der Waals surface area contributed by atoms with Gasteiger partial charge in [-0.1, -0.05) is 19.1 Å². The fraction of sp³-hybridized carbons (Fsp3) is 0.611. The van der Waals surface area contributed by atoms with E-state index in [1.807, 2.05) is 19.1 Å². The first kappa shape index (κ1) is 17.6. The largest absolute Gasteiger partial charge is 0.494 e. The lowest BCUT2D eigenvalue weighted by Gasteiger charge is -2.20. The zero-order chi connectivity index (χ0) is 16.5. The van der Waals surface area contributed by atoms with Crippen molar-refractivity contribution in [3.8, 4) is 5.75 Å². The molecule has 5 heteroatoms. The molecule has 23 heavy (non-hydrogen) atoms. The topological polar surface area (TPSA) is 62.9 Å². The van der Waals surface area contributed by atoms with Crippen LogP contribution in [0.15, 0.2) is 29.3 Å². The van der Waals surface area contributed by atoms with Gasteiger partial charge in [0, 0.05) is 12.6 Å². The Morgan fingerprint density at radius 2 is 2.30 bits per heavy atom. The van der Waals surface area contributed by atoms with Gasteiger partial charge in [0.1, 0.15) is 5.75 Å². The van der Waals surface area contributed by atoms with Crippen molar-refractivity contribution < 1.29 is 4.74 Å². The molecule has 128 valence electrons. The number of ether oxygens (including phenoxy) is 1. The summed E-state index contributed by atoms with van der Waals surface area (Å²) in [5.74, 6) is 1.47. The summed E-state index contributed by atoms with van der Waals surface area (Å²) in [7, 11) is 0. The van der Waals surface area contributed by atoms with Crippen molar-refractivity contribution in [1.29, 1.82) is 0 Å². The quantitative estimate of drug-likeness (QED) is 0.568. The second-order valence-electron chi connectivity index (χ2n) is 5.91. The molecule has 0 aromatic heterocycles. The zero-order valence-corrected chi connectivity index (χ0v) is 14.4. The van der Waals surface area contributed by atoms with Crippen LogP contribution in [0, 0.1) is 0 Å². The molecule has 1 saturated heterocycles. The smallest absolute Gasteiger partial charge is 0.188 e. The normalized spacial score (nSPS) is 19.0. The van der Waals surface area contributed by atoms with E-state index in [2.05, 4.69) is 34.3 Å². The van der Waals surface area contributed by atoms with Gasteiger partial charge in [-0.25, -0.2) is 0 Å². The number of nitrogens with zero attached hydrogens (tertiary/aromatic N) is 2. The third-order valence-corrected chi connectivity index (χ3v) is 4.31. The predicted octanol–water partition coefficient (Wildman–Crippen LogP) is 2.02. The molecule has 1 aromatic carbocycles. The van der Waals surface area contributed by atoms with Crippen molar-refractivity contribution in [2.24, 2.45) is 10.7 Å². The first-order valence-electron chi connectivity index (χ1n) is 8.72. The number of nitrogens with two attached hydrogens (primary N) is 1. The van der Waals surface area contributed by atoms with Crippen molar-refractivity contribution >= 4 is 5.96 Å². The minimum absolute atomic E-state index is 0.550. The van der Waals surface area contributed by atoms with E-state index in [9.17, 15) is 0 Å². The Morgan fingerprint density at radius 1 is 1.43 bits per heavy atom. The lowest BCUT2D eigenvalue weighted by Crippen LogP contribution is -2.36. The molecule has 1 heterocycles. The Balaban J connectivity index is 1.72. The van der Waals surface area contributed by atoms with Crippen LogP contribution in [0.3, 0.4) is 0 Å². The number of guanidine groups is 1. The van der Waals surface area contributed by atoms with Gasteiger partial charge in [-0.05, 0) is 57.0 Å². The summed E-state index contributed by atoms with van der Waals surface area (Å²) in [6.07, 6.45) is 3.41. The molecule has 0 spiro atoms. The van der Waals surface area contributed by atoms with Crippen LogP contribution in [0.1, 0.15) is 32.3 Å². The van der Waals surface area contributed by atoms with Gasteiger partial charge in [0.05, 0.1) is 13.2 Å². The average Bonchev–Trinajstić information content (AvgIpc) is 3.01. The maximum absolute atomic E-state index is 5.98. The van der Waals surface area contributed by atoms with E-state index in [1.165, 1.54) is 24.9 Å². The molecule has 1 aliphatic rings. The SMILES string of the molecule is CCOc1cccc(CCNC(N)=NCC2CCCN2CC)c1. The van der Waals surface area contributed by atoms with Gasteiger partial charge in [0.25, 0.3) is 0 Å². The highest BCUT2D eigenvalue weighted by atomic mass is 16.5. The number of rotatable bonds is 8. The standard InChI is InChI=1S/C18H30N4O/c1-3-22-12-6-8-16(22)14-21-18(19)20-11-10-15-7-5-9-17(13-15)23-4-2/h5,7,9,13,16H,3-4,6,8,10-12,14H2,1-2H3,(H3,19,20,21). The molecule has 0 bridgehead atoms. The summed E-state index contributed by atoms with van der Waals surface area (Å²) in [6, 6.07) is 8.75. The summed E-state index contributed by atoms with van der Waals surface area (Å²) in [4.78, 5) is 6.98. The molecule has 0 radical (unpaired) electrons. The summed E-state index contributed by atoms with van der Waals surface area (Å²) in [6.45, 7) is 8.77. The Kier molecular flexibility index (Phi) is 7.20. The molecule has 1 unspecified atom stereocenters. The predicted molar refractivity (Wildman–Crippen MR) is 96.1 cm³/mol. The maximum Gasteiger partial charge on any atom is 0.188 e. The first-order valence-corrected chi connectivity index (χ1v) is 8.72. The van der Waals surface area contributed by atoms with Crippen LogP contribution >= 0.6 is 0 Å². The number of benzene rings is 1. The molecular weight excluding hydrogens is 288 g/mol. The van der Waals surface area contributed by atoms with Gasteiger partial charge in [-0.3, -0.25) is 9.89 Å². The van der Waals surface area contributed by atoms with E-state index in [0.29, 0.717) is 18.6 Å². The van der Waals surface area contributed by atoms with Crippen LogP contribution in [0.25, 0.3) is 0 Å². The number of nitrogens with one attached hydrogen (secondary N) is 1. The van der Waals surface area contributed by atoms with E-state index in [-0.39, 0.29) is 0 Å². The van der Waals surface area contributed by atoms with Gasteiger partial charge < -0.3 is 15.8 Å². The van der Waals surface area contributed by atoms with Crippen LogP contribution in [-0.2, 0) is 6.42 Å². The third-order valence-electron chi connectivity index (χ3n) is 4.31. The van der Waals surface area contributed by atoms with Gasteiger partial charge in [-0.2, -0.15) is 0 Å². The fourth-order valence-electron chi connectivity index (χ4n) is 3.07. The molecule has 0 saturated carbocycles. The van der Waals surface area contributed by atoms with Gasteiger partial charge in [0.2, 0.25) is 0 Å². The van der Waals surface area contributed by atoms with E-state index in [1.54, 1.807) is 0 Å². The van der Waals surface area contributed by atoms with Gasteiger partial charge in [-0.15, -0.1) is 0 Å². The average molecular weight is 318 g/mol. The number of likely N-dealkylation sites (tertiary alicyclic amines) is 1. The second kappa shape index (κ2) is 9.40. The Labute approximate surface area is 139 Å². The monoisotopic (exact) mass is 318 g/mol. The molecular formula is C18H30N4O. The molecule has 1 atom stereocenters. The Morgan fingerprint density at radius 3 is 3.09 bits per heavy atom. The van der Waals surface area contributed by atoms with Crippen LogP contribution in [-0.4, -0.2) is 49.7 Å². The number of likely N-dealkylation sites (N-methyl/N-ethyl adjacent to an activating group) is 1. The van der Waals surface area contributed by atoms with Crippen LogP contribution in [0.2, 0.25) is 0 Å². The van der Waals surface area contributed by atoms with Crippen molar-refractivity contribution in [2.75, 3.05) is 32.8 Å². The lowest BCUT2D eigenvalue weighted by molar-refractivity contribution is 0.273. The molecule has 3 N–H and O–H groups in total. The highest BCUT2D eigenvalue weighted by molar-refractivity contribution is 5.77. The van der Waals surface area contributed by atoms with E-state index >= 15 is 0 Å². The highest BCUT2D eigenvalue weighted by Gasteiger charge is 2.22. The Hall–Kier alpha value is -1.75. The molecule has 1 fully saturated rings.